The van der Waals surface area contributed by atoms with Gasteiger partial charge in [-0.15, -0.1) is 0 Å². The van der Waals surface area contributed by atoms with Crippen LogP contribution in [0.1, 0.15) is 45.1 Å². The van der Waals surface area contributed by atoms with E-state index in [2.05, 4.69) is 13.8 Å². The minimum absolute atomic E-state index is 0.153. The quantitative estimate of drug-likeness (QED) is 0.784. The minimum Gasteiger partial charge on any atom is -0.504 e. The maximum atomic E-state index is 12.3. The topological polar surface area (TPSA) is 70.0 Å². The van der Waals surface area contributed by atoms with E-state index in [4.69, 9.17) is 4.74 Å². The van der Waals surface area contributed by atoms with Gasteiger partial charge in [-0.2, -0.15) is 0 Å². The molecule has 5 nitrogen and oxygen atoms in total. The number of carbonyl (C=O) groups excluding carboxylic acids is 1. The molecule has 5 heteroatoms. The Morgan fingerprint density at radius 2 is 2.05 bits per heavy atom. The number of phenols is 2. The van der Waals surface area contributed by atoms with Crippen LogP contribution in [-0.2, 0) is 11.2 Å². The number of aromatic hydroxyl groups is 2. The van der Waals surface area contributed by atoms with Crippen molar-refractivity contribution in [3.05, 3.63) is 17.7 Å². The molecule has 1 aliphatic heterocycles. The Kier molecular flexibility index (Phi) is 5.52. The number of carbonyl (C=O) groups is 1. The second kappa shape index (κ2) is 7.38. The zero-order valence-electron chi connectivity index (χ0n) is 13.3. The van der Waals surface area contributed by atoms with Gasteiger partial charge in [-0.05, 0) is 30.4 Å². The normalized spacial score (nSPS) is 14.7. The lowest BCUT2D eigenvalue weighted by Gasteiger charge is -2.20. The predicted molar refractivity (Wildman–Crippen MR) is 85.5 cm³/mol. The Morgan fingerprint density at radius 1 is 1.32 bits per heavy atom. The molecule has 0 saturated heterocycles. The first-order valence-corrected chi connectivity index (χ1v) is 8.05. The van der Waals surface area contributed by atoms with Crippen LogP contribution in [0.3, 0.4) is 0 Å². The van der Waals surface area contributed by atoms with Crippen LogP contribution in [0, 0.1) is 5.92 Å². The molecule has 2 N–H and O–H groups in total. The molecule has 1 atom stereocenters. The molecule has 1 aliphatic rings. The van der Waals surface area contributed by atoms with E-state index in [0.29, 0.717) is 31.2 Å². The average molecular weight is 307 g/mol. The number of hydrogen-bond acceptors (Lipinski definition) is 4. The van der Waals surface area contributed by atoms with Crippen LogP contribution in [0.2, 0.25) is 0 Å². The Labute approximate surface area is 131 Å². The maximum absolute atomic E-state index is 12.3. The fourth-order valence-electron chi connectivity index (χ4n) is 2.77. The lowest BCUT2D eigenvalue weighted by molar-refractivity contribution is 0.129. The van der Waals surface area contributed by atoms with E-state index in [9.17, 15) is 15.0 Å². The van der Waals surface area contributed by atoms with Crippen LogP contribution in [-0.4, -0.2) is 29.5 Å². The molecule has 1 amide bonds. The number of phenolic OH excluding ortho intramolecular Hbond substituents is 2. The van der Waals surface area contributed by atoms with Crippen LogP contribution < -0.4 is 4.90 Å². The SMILES string of the molecule is CCCCC(CC)COC(=O)N1CCc2cc(O)c(O)cc21. The van der Waals surface area contributed by atoms with Crippen molar-refractivity contribution >= 4 is 11.8 Å². The van der Waals surface area contributed by atoms with E-state index in [1.165, 1.54) is 17.0 Å². The summed E-state index contributed by atoms with van der Waals surface area (Å²) in [5.41, 5.74) is 1.48. The van der Waals surface area contributed by atoms with E-state index in [1.807, 2.05) is 0 Å². The van der Waals surface area contributed by atoms with Crippen molar-refractivity contribution in [2.24, 2.45) is 5.92 Å². The number of nitrogens with zero attached hydrogens (tertiary/aromatic N) is 1. The molecule has 0 aromatic heterocycles. The highest BCUT2D eigenvalue weighted by atomic mass is 16.6. The molecule has 2 rings (SSSR count). The Hall–Kier alpha value is -1.91. The van der Waals surface area contributed by atoms with E-state index < -0.39 is 0 Å². The van der Waals surface area contributed by atoms with Crippen molar-refractivity contribution in [3.63, 3.8) is 0 Å². The van der Waals surface area contributed by atoms with Gasteiger partial charge in [0.25, 0.3) is 0 Å². The fraction of sp³-hybridized carbons (Fsp3) is 0.588. The molecule has 1 heterocycles. The molecule has 0 fully saturated rings. The van der Waals surface area contributed by atoms with Gasteiger partial charge in [-0.3, -0.25) is 4.90 Å². The van der Waals surface area contributed by atoms with E-state index in [0.717, 1.165) is 31.2 Å². The summed E-state index contributed by atoms with van der Waals surface area (Å²) >= 11 is 0. The molecule has 0 spiro atoms. The molecular formula is C17H25NO4. The number of amides is 1. The average Bonchev–Trinajstić information content (AvgIpc) is 2.90. The van der Waals surface area contributed by atoms with Crippen LogP contribution in [0.4, 0.5) is 10.5 Å². The molecule has 1 aromatic rings. The zero-order chi connectivity index (χ0) is 16.1. The smallest absolute Gasteiger partial charge is 0.414 e. The molecule has 0 aliphatic carbocycles. The summed E-state index contributed by atoms with van der Waals surface area (Å²) in [7, 11) is 0. The third-order valence-electron chi connectivity index (χ3n) is 4.28. The highest BCUT2D eigenvalue weighted by Crippen LogP contribution is 2.37. The van der Waals surface area contributed by atoms with Crippen molar-refractivity contribution in [2.75, 3.05) is 18.1 Å². The third kappa shape index (κ3) is 3.64. The van der Waals surface area contributed by atoms with Crippen LogP contribution >= 0.6 is 0 Å². The minimum atomic E-state index is -0.376. The molecule has 0 radical (unpaired) electrons. The number of hydrogen-bond donors (Lipinski definition) is 2. The van der Waals surface area contributed by atoms with Crippen LogP contribution in [0.5, 0.6) is 11.5 Å². The largest absolute Gasteiger partial charge is 0.504 e. The number of unbranched alkanes of at least 4 members (excludes halogenated alkanes) is 1. The number of fused-ring (bicyclic) bond motifs is 1. The fourth-order valence-corrected chi connectivity index (χ4v) is 2.77. The lowest BCUT2D eigenvalue weighted by atomic mass is 10.0. The predicted octanol–water partition coefficient (Wildman–Crippen LogP) is 3.81. The Balaban J connectivity index is 1.96. The second-order valence-electron chi connectivity index (χ2n) is 5.86. The number of ether oxygens (including phenoxy) is 1. The van der Waals surface area contributed by atoms with Gasteiger partial charge in [0.15, 0.2) is 11.5 Å². The third-order valence-corrected chi connectivity index (χ3v) is 4.28. The zero-order valence-corrected chi connectivity index (χ0v) is 13.3. The van der Waals surface area contributed by atoms with Crippen molar-refractivity contribution in [1.29, 1.82) is 0 Å². The summed E-state index contributed by atoms with van der Waals surface area (Å²) in [6, 6.07) is 2.93. The summed E-state index contributed by atoms with van der Waals surface area (Å²) in [5.74, 6) is 0.0339. The first-order valence-electron chi connectivity index (χ1n) is 8.05. The standard InChI is InChI=1S/C17H25NO4/c1-3-5-6-12(4-2)11-22-17(21)18-8-7-13-9-15(19)16(20)10-14(13)18/h9-10,12,19-20H,3-8,11H2,1-2H3. The first kappa shape index (κ1) is 16.5. The summed E-state index contributed by atoms with van der Waals surface area (Å²) in [4.78, 5) is 13.8. The monoisotopic (exact) mass is 307 g/mol. The van der Waals surface area contributed by atoms with Gasteiger partial charge >= 0.3 is 6.09 Å². The van der Waals surface area contributed by atoms with Gasteiger partial charge in [-0.25, -0.2) is 4.79 Å². The summed E-state index contributed by atoms with van der Waals surface area (Å²) in [6.07, 6.45) is 4.65. The number of benzene rings is 1. The van der Waals surface area contributed by atoms with Gasteiger partial charge in [0.1, 0.15) is 0 Å². The highest BCUT2D eigenvalue weighted by Gasteiger charge is 2.27. The molecule has 1 aromatic carbocycles. The van der Waals surface area contributed by atoms with Gasteiger partial charge in [0.05, 0.1) is 12.3 Å². The molecule has 1 unspecified atom stereocenters. The lowest BCUT2D eigenvalue weighted by Crippen LogP contribution is -2.31. The van der Waals surface area contributed by atoms with Crippen LogP contribution in [0.25, 0.3) is 0 Å². The molecule has 122 valence electrons. The Morgan fingerprint density at radius 3 is 2.73 bits per heavy atom. The van der Waals surface area contributed by atoms with Crippen LogP contribution in [0.15, 0.2) is 12.1 Å². The molecule has 22 heavy (non-hydrogen) atoms. The Bertz CT molecular complexity index is 530. The molecular weight excluding hydrogens is 282 g/mol. The van der Waals surface area contributed by atoms with Gasteiger partial charge in [0.2, 0.25) is 0 Å². The van der Waals surface area contributed by atoms with Crippen molar-refractivity contribution < 1.29 is 19.7 Å². The highest BCUT2D eigenvalue weighted by molar-refractivity contribution is 5.91. The van der Waals surface area contributed by atoms with E-state index in [1.54, 1.807) is 0 Å². The number of rotatable bonds is 6. The number of anilines is 1. The molecule has 0 saturated carbocycles. The molecule has 0 bridgehead atoms. The summed E-state index contributed by atoms with van der Waals surface area (Å²) < 4.78 is 5.45. The summed E-state index contributed by atoms with van der Waals surface area (Å²) in [6.45, 7) is 5.22. The summed E-state index contributed by atoms with van der Waals surface area (Å²) in [5, 5.41) is 19.1. The van der Waals surface area contributed by atoms with Gasteiger partial charge in [0, 0.05) is 12.6 Å². The van der Waals surface area contributed by atoms with Crippen molar-refractivity contribution in [3.8, 4) is 11.5 Å². The van der Waals surface area contributed by atoms with Crippen molar-refractivity contribution in [2.45, 2.75) is 46.0 Å². The van der Waals surface area contributed by atoms with E-state index >= 15 is 0 Å². The van der Waals surface area contributed by atoms with Crippen molar-refractivity contribution in [1.82, 2.24) is 0 Å². The first-order chi connectivity index (χ1) is 10.6. The van der Waals surface area contributed by atoms with Gasteiger partial charge in [-0.1, -0.05) is 33.1 Å². The second-order valence-corrected chi connectivity index (χ2v) is 5.86. The maximum Gasteiger partial charge on any atom is 0.414 e. The van der Waals surface area contributed by atoms with E-state index in [-0.39, 0.29) is 17.6 Å². The van der Waals surface area contributed by atoms with Gasteiger partial charge < -0.3 is 14.9 Å².